The Morgan fingerprint density at radius 3 is 2.77 bits per heavy atom. The van der Waals surface area contributed by atoms with E-state index in [-0.39, 0.29) is 10.6 Å². The van der Waals surface area contributed by atoms with Gasteiger partial charge in [-0.3, -0.25) is 4.98 Å². The van der Waals surface area contributed by atoms with E-state index in [9.17, 15) is 9.90 Å². The minimum absolute atomic E-state index is 0.0612. The Kier molecular flexibility index (Phi) is 4.60. The number of aromatic carboxylic acids is 1. The molecule has 5 aromatic rings. The molecule has 8 heteroatoms. The second-order valence-electron chi connectivity index (χ2n) is 7.22. The zero-order valence-electron chi connectivity index (χ0n) is 16.5. The largest absolute Gasteiger partial charge is 0.478 e. The average Bonchev–Trinajstić information content (AvgIpc) is 3.17. The van der Waals surface area contributed by atoms with Crippen LogP contribution in [0.5, 0.6) is 0 Å². The van der Waals surface area contributed by atoms with Crippen LogP contribution in [0.15, 0.2) is 61.1 Å². The number of benzene rings is 2. The maximum Gasteiger partial charge on any atom is 0.337 e. The van der Waals surface area contributed by atoms with Gasteiger partial charge in [0.05, 0.1) is 34.2 Å². The highest BCUT2D eigenvalue weighted by molar-refractivity contribution is 6.34. The molecule has 2 aromatic carbocycles. The van der Waals surface area contributed by atoms with E-state index in [2.05, 4.69) is 21.0 Å². The number of halogens is 1. The van der Waals surface area contributed by atoms with Gasteiger partial charge in [0.1, 0.15) is 5.69 Å². The quantitative estimate of drug-likeness (QED) is 0.449. The maximum absolute atomic E-state index is 11.3. The monoisotopic (exact) mass is 429 g/mol. The van der Waals surface area contributed by atoms with Crippen LogP contribution in [0.1, 0.15) is 27.2 Å². The third-order valence-electron chi connectivity index (χ3n) is 5.25. The summed E-state index contributed by atoms with van der Waals surface area (Å²) >= 11 is 6.27. The van der Waals surface area contributed by atoms with Crippen molar-refractivity contribution in [2.24, 2.45) is 0 Å². The summed E-state index contributed by atoms with van der Waals surface area (Å²) in [6, 6.07) is 13.3. The lowest BCUT2D eigenvalue weighted by atomic mass is 10.0. The van der Waals surface area contributed by atoms with Crippen LogP contribution in [0.4, 0.5) is 0 Å². The molecule has 0 aliphatic rings. The predicted molar refractivity (Wildman–Crippen MR) is 117 cm³/mol. The van der Waals surface area contributed by atoms with E-state index in [4.69, 9.17) is 16.7 Å². The van der Waals surface area contributed by atoms with Crippen LogP contribution in [-0.4, -0.2) is 35.6 Å². The van der Waals surface area contributed by atoms with Crippen molar-refractivity contribution >= 4 is 34.3 Å². The number of hydrogen-bond acceptors (Lipinski definition) is 5. The second kappa shape index (κ2) is 7.45. The van der Waals surface area contributed by atoms with E-state index in [1.54, 1.807) is 36.1 Å². The smallest absolute Gasteiger partial charge is 0.337 e. The summed E-state index contributed by atoms with van der Waals surface area (Å²) in [5, 5.41) is 15.3. The minimum Gasteiger partial charge on any atom is -0.478 e. The van der Waals surface area contributed by atoms with Gasteiger partial charge in [-0.2, -0.15) is 5.10 Å². The summed E-state index contributed by atoms with van der Waals surface area (Å²) in [5.74, 6) is -0.573. The third-order valence-corrected chi connectivity index (χ3v) is 5.73. The standard InChI is InChI=1S/C23H16ClN5O2/c1-13-17(5-6-18(21(13)24)22(30)31)20-12-27-23-26-11-16(29(23)28-20)10-14-4-7-19-15(9-14)3-2-8-25-19/h2-9,11-12H,10H2,1H3,(H,30,31). The molecule has 0 amide bonds. The van der Waals surface area contributed by atoms with E-state index in [1.165, 1.54) is 6.07 Å². The van der Waals surface area contributed by atoms with Gasteiger partial charge in [0.15, 0.2) is 0 Å². The SMILES string of the molecule is Cc1c(-c2cnc3ncc(Cc4ccc5ncccc5c4)n3n2)ccc(C(=O)O)c1Cl. The lowest BCUT2D eigenvalue weighted by Crippen LogP contribution is -2.04. The molecule has 5 rings (SSSR count). The topological polar surface area (TPSA) is 93.3 Å². The highest BCUT2D eigenvalue weighted by atomic mass is 35.5. The molecule has 0 atom stereocenters. The van der Waals surface area contributed by atoms with Crippen molar-refractivity contribution < 1.29 is 9.90 Å². The lowest BCUT2D eigenvalue weighted by Gasteiger charge is -2.10. The van der Waals surface area contributed by atoms with Crippen LogP contribution in [0.3, 0.4) is 0 Å². The molecule has 0 bridgehead atoms. The molecule has 7 nitrogen and oxygen atoms in total. The van der Waals surface area contributed by atoms with E-state index in [0.29, 0.717) is 23.5 Å². The van der Waals surface area contributed by atoms with Gasteiger partial charge in [-0.1, -0.05) is 29.8 Å². The van der Waals surface area contributed by atoms with Crippen LogP contribution < -0.4 is 0 Å². The van der Waals surface area contributed by atoms with Crippen LogP contribution >= 0.6 is 11.6 Å². The summed E-state index contributed by atoms with van der Waals surface area (Å²) in [5.41, 5.74) is 4.96. The van der Waals surface area contributed by atoms with Gasteiger partial charge in [-0.05, 0) is 42.3 Å². The molecule has 0 saturated carbocycles. The summed E-state index contributed by atoms with van der Waals surface area (Å²) < 4.78 is 1.71. The zero-order chi connectivity index (χ0) is 21.5. The number of aromatic nitrogens is 5. The van der Waals surface area contributed by atoms with Crippen LogP contribution in [0.2, 0.25) is 5.02 Å². The van der Waals surface area contributed by atoms with E-state index >= 15 is 0 Å². The fourth-order valence-corrected chi connectivity index (χ4v) is 3.88. The molecule has 3 heterocycles. The molecule has 31 heavy (non-hydrogen) atoms. The third kappa shape index (κ3) is 3.39. The first-order valence-electron chi connectivity index (χ1n) is 9.57. The Morgan fingerprint density at radius 1 is 1.10 bits per heavy atom. The van der Waals surface area contributed by atoms with Crippen molar-refractivity contribution in [3.63, 3.8) is 0 Å². The van der Waals surface area contributed by atoms with Gasteiger partial charge < -0.3 is 5.11 Å². The number of nitrogens with zero attached hydrogens (tertiary/aromatic N) is 5. The van der Waals surface area contributed by atoms with Crippen molar-refractivity contribution in [2.75, 3.05) is 0 Å². The highest BCUT2D eigenvalue weighted by Gasteiger charge is 2.16. The summed E-state index contributed by atoms with van der Waals surface area (Å²) in [4.78, 5) is 24.5. The van der Waals surface area contributed by atoms with Gasteiger partial charge >= 0.3 is 5.97 Å². The van der Waals surface area contributed by atoms with Gasteiger partial charge in [0.2, 0.25) is 0 Å². The van der Waals surface area contributed by atoms with E-state index in [0.717, 1.165) is 27.7 Å². The molecular weight excluding hydrogens is 414 g/mol. The molecule has 0 unspecified atom stereocenters. The number of carbonyl (C=O) groups is 1. The van der Waals surface area contributed by atoms with Crippen molar-refractivity contribution in [1.29, 1.82) is 0 Å². The Balaban J connectivity index is 1.55. The summed E-state index contributed by atoms with van der Waals surface area (Å²) in [7, 11) is 0. The number of imidazole rings is 1. The van der Waals surface area contributed by atoms with Crippen molar-refractivity contribution in [3.05, 3.63) is 88.5 Å². The van der Waals surface area contributed by atoms with E-state index < -0.39 is 5.97 Å². The molecule has 0 aliphatic carbocycles. The fourth-order valence-electron chi connectivity index (χ4n) is 3.64. The molecule has 1 N–H and O–H groups in total. The second-order valence-corrected chi connectivity index (χ2v) is 7.59. The zero-order valence-corrected chi connectivity index (χ0v) is 17.2. The van der Waals surface area contributed by atoms with Crippen LogP contribution in [0, 0.1) is 6.92 Å². The average molecular weight is 430 g/mol. The molecule has 0 aliphatic heterocycles. The Hall–Kier alpha value is -3.84. The van der Waals surface area contributed by atoms with Gasteiger partial charge in [-0.25, -0.2) is 19.3 Å². The predicted octanol–water partition coefficient (Wildman–Crippen LogP) is 4.59. The number of hydrogen-bond donors (Lipinski definition) is 1. The van der Waals surface area contributed by atoms with Gasteiger partial charge in [-0.15, -0.1) is 0 Å². The van der Waals surface area contributed by atoms with Crippen LogP contribution in [-0.2, 0) is 6.42 Å². The fraction of sp³-hybridized carbons (Fsp3) is 0.0870. The highest BCUT2D eigenvalue weighted by Crippen LogP contribution is 2.30. The summed E-state index contributed by atoms with van der Waals surface area (Å²) in [6.07, 6.45) is 5.79. The minimum atomic E-state index is -1.07. The number of carboxylic acid groups (broad SMARTS) is 1. The number of fused-ring (bicyclic) bond motifs is 2. The number of carboxylic acids is 1. The Morgan fingerprint density at radius 2 is 1.94 bits per heavy atom. The maximum atomic E-state index is 11.3. The lowest BCUT2D eigenvalue weighted by molar-refractivity contribution is 0.0697. The molecule has 0 radical (unpaired) electrons. The van der Waals surface area contributed by atoms with Crippen molar-refractivity contribution in [1.82, 2.24) is 24.6 Å². The Labute approximate surface area is 182 Å². The first-order valence-corrected chi connectivity index (χ1v) is 9.95. The van der Waals surface area contributed by atoms with E-state index in [1.807, 2.05) is 24.3 Å². The molecule has 0 fully saturated rings. The molecule has 152 valence electrons. The normalized spacial score (nSPS) is 11.3. The molecule has 3 aromatic heterocycles. The van der Waals surface area contributed by atoms with Gasteiger partial charge in [0, 0.05) is 23.6 Å². The molecule has 0 saturated heterocycles. The first kappa shape index (κ1) is 19.1. The molecular formula is C23H16ClN5O2. The van der Waals surface area contributed by atoms with Crippen molar-refractivity contribution in [2.45, 2.75) is 13.3 Å². The van der Waals surface area contributed by atoms with Crippen molar-refractivity contribution in [3.8, 4) is 11.3 Å². The Bertz CT molecular complexity index is 1480. The first-order chi connectivity index (χ1) is 15.0. The summed E-state index contributed by atoms with van der Waals surface area (Å²) in [6.45, 7) is 1.77. The van der Waals surface area contributed by atoms with Gasteiger partial charge in [0.25, 0.3) is 5.78 Å². The number of pyridine rings is 1. The van der Waals surface area contributed by atoms with Crippen LogP contribution in [0.25, 0.3) is 27.9 Å². The number of rotatable bonds is 4. The molecule has 0 spiro atoms.